The Morgan fingerprint density at radius 3 is 2.65 bits per heavy atom. The van der Waals surface area contributed by atoms with E-state index in [2.05, 4.69) is 15.9 Å². The van der Waals surface area contributed by atoms with Crippen LogP contribution in [0.2, 0.25) is 0 Å². The van der Waals surface area contributed by atoms with Gasteiger partial charge in [0.05, 0.1) is 6.54 Å². The van der Waals surface area contributed by atoms with Gasteiger partial charge in [-0.2, -0.15) is 0 Å². The molecule has 0 amide bonds. The van der Waals surface area contributed by atoms with Crippen LogP contribution in [0, 0.1) is 6.92 Å². The molecule has 1 aromatic carbocycles. The highest BCUT2D eigenvalue weighted by Gasteiger charge is 2.15. The zero-order valence-corrected chi connectivity index (χ0v) is 12.0. The molecule has 0 aromatic heterocycles. The molecule has 94 valence electrons. The zero-order valence-electron chi connectivity index (χ0n) is 10.4. The number of carboxylic acids is 1. The molecular formula is C13H18BrNO2. The van der Waals surface area contributed by atoms with Crippen LogP contribution in [0.5, 0.6) is 0 Å². The molecule has 1 rings (SSSR count). The zero-order chi connectivity index (χ0) is 13.0. The van der Waals surface area contributed by atoms with Crippen LogP contribution in [0.3, 0.4) is 0 Å². The number of hydrogen-bond donors (Lipinski definition) is 1. The van der Waals surface area contributed by atoms with Crippen molar-refractivity contribution in [2.45, 2.75) is 33.4 Å². The number of rotatable bonds is 5. The molecule has 0 aliphatic rings. The first kappa shape index (κ1) is 14.2. The molecule has 1 N–H and O–H groups in total. The molecule has 1 aromatic rings. The van der Waals surface area contributed by atoms with Gasteiger partial charge in [-0.15, -0.1) is 0 Å². The quantitative estimate of drug-likeness (QED) is 0.908. The monoisotopic (exact) mass is 299 g/mol. The van der Waals surface area contributed by atoms with Crippen LogP contribution < -0.4 is 0 Å². The summed E-state index contributed by atoms with van der Waals surface area (Å²) in [5.41, 5.74) is 2.33. The molecule has 0 fully saturated rings. The minimum atomic E-state index is -0.786. The molecule has 0 heterocycles. The molecule has 0 saturated carbocycles. The summed E-state index contributed by atoms with van der Waals surface area (Å²) in [6, 6.07) is 6.23. The Balaban J connectivity index is 2.86. The van der Waals surface area contributed by atoms with E-state index in [1.165, 1.54) is 5.56 Å². The van der Waals surface area contributed by atoms with Gasteiger partial charge in [0, 0.05) is 17.1 Å². The second-order valence-electron chi connectivity index (χ2n) is 4.42. The lowest BCUT2D eigenvalue weighted by Crippen LogP contribution is -2.35. The van der Waals surface area contributed by atoms with Gasteiger partial charge >= 0.3 is 5.97 Å². The van der Waals surface area contributed by atoms with Gasteiger partial charge in [-0.3, -0.25) is 9.69 Å². The maximum absolute atomic E-state index is 10.8. The van der Waals surface area contributed by atoms with Crippen molar-refractivity contribution in [1.82, 2.24) is 4.90 Å². The van der Waals surface area contributed by atoms with Crippen LogP contribution >= 0.6 is 15.9 Å². The summed E-state index contributed by atoms with van der Waals surface area (Å²) < 4.78 is 1.06. The molecule has 0 aliphatic carbocycles. The third-order valence-corrected chi connectivity index (χ3v) is 3.68. The van der Waals surface area contributed by atoms with Gasteiger partial charge in [0.2, 0.25) is 0 Å². The number of hydrogen-bond acceptors (Lipinski definition) is 2. The van der Waals surface area contributed by atoms with Gasteiger partial charge in [0.25, 0.3) is 0 Å². The summed E-state index contributed by atoms with van der Waals surface area (Å²) in [5.74, 6) is -0.786. The van der Waals surface area contributed by atoms with E-state index in [0.717, 1.165) is 10.0 Å². The number of halogens is 1. The van der Waals surface area contributed by atoms with Crippen molar-refractivity contribution in [3.63, 3.8) is 0 Å². The highest BCUT2D eigenvalue weighted by Crippen LogP contribution is 2.21. The summed E-state index contributed by atoms with van der Waals surface area (Å²) in [7, 11) is 0. The van der Waals surface area contributed by atoms with E-state index in [9.17, 15) is 4.79 Å². The fraction of sp³-hybridized carbons (Fsp3) is 0.462. The number of nitrogens with zero attached hydrogens (tertiary/aromatic N) is 1. The van der Waals surface area contributed by atoms with Gasteiger partial charge < -0.3 is 5.11 Å². The highest BCUT2D eigenvalue weighted by atomic mass is 79.9. The van der Waals surface area contributed by atoms with E-state index in [1.54, 1.807) is 0 Å². The van der Waals surface area contributed by atoms with E-state index in [-0.39, 0.29) is 12.6 Å². The molecule has 0 spiro atoms. The third kappa shape index (κ3) is 4.13. The average Bonchev–Trinajstić information content (AvgIpc) is 2.22. The van der Waals surface area contributed by atoms with Gasteiger partial charge in [-0.05, 0) is 38.0 Å². The Labute approximate surface area is 111 Å². The summed E-state index contributed by atoms with van der Waals surface area (Å²) in [5, 5.41) is 8.88. The Hall–Kier alpha value is -0.870. The van der Waals surface area contributed by atoms with Gasteiger partial charge in [-0.25, -0.2) is 0 Å². The molecule has 0 aliphatic heterocycles. The average molecular weight is 300 g/mol. The van der Waals surface area contributed by atoms with E-state index in [4.69, 9.17) is 5.11 Å². The van der Waals surface area contributed by atoms with E-state index in [1.807, 2.05) is 43.9 Å². The van der Waals surface area contributed by atoms with Crippen molar-refractivity contribution in [2.75, 3.05) is 6.54 Å². The van der Waals surface area contributed by atoms with E-state index < -0.39 is 5.97 Å². The van der Waals surface area contributed by atoms with Crippen LogP contribution in [0.1, 0.15) is 25.0 Å². The Bertz CT molecular complexity index is 404. The molecule has 4 heteroatoms. The molecule has 0 atom stereocenters. The fourth-order valence-corrected chi connectivity index (χ4v) is 2.04. The third-order valence-electron chi connectivity index (χ3n) is 2.82. The van der Waals surface area contributed by atoms with Gasteiger partial charge in [0.1, 0.15) is 0 Å². The summed E-state index contributed by atoms with van der Waals surface area (Å²) in [4.78, 5) is 12.7. The lowest BCUT2D eigenvalue weighted by Gasteiger charge is -2.25. The van der Waals surface area contributed by atoms with Crippen LogP contribution in [0.15, 0.2) is 22.7 Å². The lowest BCUT2D eigenvalue weighted by molar-refractivity contribution is -0.138. The predicted molar refractivity (Wildman–Crippen MR) is 72.1 cm³/mol. The fourth-order valence-electron chi connectivity index (χ4n) is 1.64. The molecule has 0 saturated heterocycles. The molecule has 0 bridgehead atoms. The Morgan fingerprint density at radius 2 is 2.12 bits per heavy atom. The largest absolute Gasteiger partial charge is 0.480 e. The Kier molecular flexibility index (Phi) is 5.15. The maximum atomic E-state index is 10.8. The molecule has 0 unspecified atom stereocenters. The lowest BCUT2D eigenvalue weighted by atomic mass is 10.1. The number of aliphatic carboxylic acids is 1. The first-order chi connectivity index (χ1) is 7.91. The van der Waals surface area contributed by atoms with Crippen LogP contribution in [0.4, 0.5) is 0 Å². The van der Waals surface area contributed by atoms with E-state index in [0.29, 0.717) is 6.54 Å². The molecule has 3 nitrogen and oxygen atoms in total. The van der Waals surface area contributed by atoms with Crippen molar-refractivity contribution in [3.05, 3.63) is 33.8 Å². The predicted octanol–water partition coefficient (Wildman–Crippen LogP) is 3.05. The second kappa shape index (κ2) is 6.17. The van der Waals surface area contributed by atoms with Crippen molar-refractivity contribution in [1.29, 1.82) is 0 Å². The number of carbonyl (C=O) groups is 1. The van der Waals surface area contributed by atoms with Crippen molar-refractivity contribution in [2.24, 2.45) is 0 Å². The molecule has 17 heavy (non-hydrogen) atoms. The second-order valence-corrected chi connectivity index (χ2v) is 5.27. The van der Waals surface area contributed by atoms with Crippen molar-refractivity contribution >= 4 is 21.9 Å². The molecule has 0 radical (unpaired) electrons. The summed E-state index contributed by atoms with van der Waals surface area (Å²) in [6.07, 6.45) is 0. The summed E-state index contributed by atoms with van der Waals surface area (Å²) in [6.45, 7) is 6.80. The smallest absolute Gasteiger partial charge is 0.317 e. The molecular weight excluding hydrogens is 282 g/mol. The minimum absolute atomic E-state index is 0.0730. The van der Waals surface area contributed by atoms with Crippen LogP contribution in [-0.2, 0) is 11.3 Å². The minimum Gasteiger partial charge on any atom is -0.480 e. The van der Waals surface area contributed by atoms with Gasteiger partial charge in [-0.1, -0.05) is 28.1 Å². The van der Waals surface area contributed by atoms with Crippen molar-refractivity contribution < 1.29 is 9.90 Å². The van der Waals surface area contributed by atoms with Gasteiger partial charge in [0.15, 0.2) is 0 Å². The highest BCUT2D eigenvalue weighted by molar-refractivity contribution is 9.10. The Morgan fingerprint density at radius 1 is 1.47 bits per heavy atom. The topological polar surface area (TPSA) is 40.5 Å². The first-order valence-corrected chi connectivity index (χ1v) is 6.41. The normalized spacial score (nSPS) is 11.2. The first-order valence-electron chi connectivity index (χ1n) is 5.61. The number of benzene rings is 1. The number of carboxylic acid groups (broad SMARTS) is 1. The van der Waals surface area contributed by atoms with Crippen LogP contribution in [0.25, 0.3) is 0 Å². The standard InChI is InChI=1S/C13H18BrNO2/c1-9(2)15(8-13(16)17)7-11-5-4-6-12(14)10(11)3/h4-6,9H,7-8H2,1-3H3,(H,16,17). The van der Waals surface area contributed by atoms with Crippen molar-refractivity contribution in [3.8, 4) is 0 Å². The SMILES string of the molecule is Cc1c(Br)cccc1CN(CC(=O)O)C(C)C. The van der Waals surface area contributed by atoms with Crippen LogP contribution in [-0.4, -0.2) is 28.6 Å². The summed E-state index contributed by atoms with van der Waals surface area (Å²) >= 11 is 3.49. The maximum Gasteiger partial charge on any atom is 0.317 e. The van der Waals surface area contributed by atoms with E-state index >= 15 is 0 Å².